The van der Waals surface area contributed by atoms with Crippen LogP contribution in [0.4, 0.5) is 9.59 Å². The molecule has 318 valence electrons. The standard InChI is InChI=1S/C48H50N8O6/c1-21(2)39(53-47(59)61-5)45(57)55-34-19-29(34)20-35(55)43-49-30-13-11-27(17-32(30)51-43)25-9-7-24-16-26(10-8-23(24)15-25)28-12-14-31-33(18-28)52-44(50-31)42-38-36-37(38)41(36)56(42)46(58)40(22(3)4)54-48(60)62-6/h7-18,21-22,29,34-42H,19-20H2,1-6H3,(H,49,51)(H,50,52)(H,53,59)(H,54,60)/t29-,34-,35+,36-,37?,38?,39+,40+,41?,42+/m1/s1. The molecule has 3 aliphatic heterocycles. The molecule has 3 saturated carbocycles. The summed E-state index contributed by atoms with van der Waals surface area (Å²) in [5, 5.41) is 7.76. The summed E-state index contributed by atoms with van der Waals surface area (Å²) in [5.74, 6) is 3.11. The molecule has 0 radical (unpaired) electrons. The summed E-state index contributed by atoms with van der Waals surface area (Å²) < 4.78 is 9.65. The Morgan fingerprint density at radius 2 is 1.11 bits per heavy atom. The largest absolute Gasteiger partial charge is 0.453 e. The van der Waals surface area contributed by atoms with E-state index in [4.69, 9.17) is 19.4 Å². The Balaban J connectivity index is 0.819. The van der Waals surface area contributed by atoms with Crippen LogP contribution in [-0.4, -0.2) is 92.1 Å². The molecular weight excluding hydrogens is 785 g/mol. The van der Waals surface area contributed by atoms with Crippen molar-refractivity contribution in [2.75, 3.05) is 14.2 Å². The fourth-order valence-electron chi connectivity index (χ4n) is 10.9. The molecule has 14 nitrogen and oxygen atoms in total. The minimum absolute atomic E-state index is 0.0747. The number of carbonyl (C=O) groups is 4. The average Bonchev–Trinajstić information content (AvgIpc) is 4.11. The fourth-order valence-corrected chi connectivity index (χ4v) is 10.9. The van der Waals surface area contributed by atoms with Crippen molar-refractivity contribution >= 4 is 56.8 Å². The maximum Gasteiger partial charge on any atom is 0.407 e. The highest BCUT2D eigenvalue weighted by atomic mass is 16.5. The lowest BCUT2D eigenvalue weighted by Gasteiger charge is -2.31. The number of nitrogens with zero attached hydrogens (tertiary/aromatic N) is 4. The first kappa shape index (κ1) is 38.5. The van der Waals surface area contributed by atoms with Gasteiger partial charge in [0.1, 0.15) is 23.7 Å². The van der Waals surface area contributed by atoms with Crippen LogP contribution in [0.25, 0.3) is 55.1 Å². The van der Waals surface area contributed by atoms with Gasteiger partial charge in [-0.2, -0.15) is 0 Å². The first-order valence-corrected chi connectivity index (χ1v) is 21.8. The molecule has 14 heteroatoms. The number of hydrogen-bond donors (Lipinski definition) is 4. The van der Waals surface area contributed by atoms with Gasteiger partial charge in [-0.25, -0.2) is 19.6 Å². The molecule has 6 fully saturated rings. The van der Waals surface area contributed by atoms with E-state index in [2.05, 4.69) is 81.3 Å². The molecule has 4 aromatic carbocycles. The van der Waals surface area contributed by atoms with E-state index in [0.29, 0.717) is 23.7 Å². The van der Waals surface area contributed by atoms with E-state index in [1.54, 1.807) is 0 Å². The van der Waals surface area contributed by atoms with Gasteiger partial charge in [0.15, 0.2) is 0 Å². The molecule has 4 amide bonds. The number of benzene rings is 4. The maximum absolute atomic E-state index is 13.9. The predicted octanol–water partition coefficient (Wildman–Crippen LogP) is 7.48. The van der Waals surface area contributed by atoms with Crippen LogP contribution >= 0.6 is 0 Å². The highest BCUT2D eigenvalue weighted by Crippen LogP contribution is 2.81. The van der Waals surface area contributed by atoms with Gasteiger partial charge in [0.05, 0.1) is 48.4 Å². The van der Waals surface area contributed by atoms with E-state index < -0.39 is 24.3 Å². The minimum atomic E-state index is -0.680. The van der Waals surface area contributed by atoms with Crippen molar-refractivity contribution in [2.45, 2.75) is 76.8 Å². The Labute approximate surface area is 358 Å². The van der Waals surface area contributed by atoms with Gasteiger partial charge in [0.2, 0.25) is 11.8 Å². The Morgan fingerprint density at radius 3 is 1.65 bits per heavy atom. The van der Waals surface area contributed by atoms with Crippen LogP contribution in [0.2, 0.25) is 0 Å². The van der Waals surface area contributed by atoms with Crippen LogP contribution in [0.15, 0.2) is 72.8 Å². The Morgan fingerprint density at radius 1 is 0.629 bits per heavy atom. The molecule has 5 heterocycles. The third kappa shape index (κ3) is 6.11. The molecule has 6 aliphatic rings. The van der Waals surface area contributed by atoms with E-state index in [1.165, 1.54) is 14.2 Å². The number of imidazole rings is 2. The van der Waals surface area contributed by atoms with E-state index in [-0.39, 0.29) is 47.8 Å². The molecule has 10 atom stereocenters. The molecule has 2 bridgehead atoms. The van der Waals surface area contributed by atoms with Crippen LogP contribution in [0.5, 0.6) is 0 Å². The van der Waals surface area contributed by atoms with Crippen molar-refractivity contribution in [3.05, 3.63) is 84.4 Å². The Hall–Kier alpha value is -6.44. The topological polar surface area (TPSA) is 175 Å². The summed E-state index contributed by atoms with van der Waals surface area (Å²) >= 11 is 0. The minimum Gasteiger partial charge on any atom is -0.453 e. The zero-order chi connectivity index (χ0) is 42.9. The molecule has 4 N–H and O–H groups in total. The summed E-state index contributed by atoms with van der Waals surface area (Å²) in [5.41, 5.74) is 7.83. The van der Waals surface area contributed by atoms with Gasteiger partial charge in [0.25, 0.3) is 0 Å². The fraction of sp³-hybridized carbons (Fsp3) is 0.417. The molecule has 3 unspecified atom stereocenters. The maximum atomic E-state index is 13.9. The zero-order valence-corrected chi connectivity index (χ0v) is 35.5. The number of alkyl carbamates (subject to hydrolysis) is 2. The normalized spacial score (nSPS) is 26.1. The van der Waals surface area contributed by atoms with Gasteiger partial charge in [-0.15, -0.1) is 0 Å². The van der Waals surface area contributed by atoms with Crippen LogP contribution in [0, 0.1) is 35.5 Å². The number of nitrogens with one attached hydrogen (secondary N) is 4. The first-order valence-electron chi connectivity index (χ1n) is 21.8. The van der Waals surface area contributed by atoms with Crippen molar-refractivity contribution in [3.63, 3.8) is 0 Å². The number of likely N-dealkylation sites (tertiary alicyclic amines) is 1. The second kappa shape index (κ2) is 14.0. The molecule has 6 aromatic rings. The number of methoxy groups -OCH3 is 2. The number of piperidine rings is 2. The third-order valence-electron chi connectivity index (χ3n) is 14.3. The summed E-state index contributed by atoms with van der Waals surface area (Å²) in [6, 6.07) is 24.3. The molecule has 3 aliphatic carbocycles. The van der Waals surface area contributed by atoms with Crippen LogP contribution in [0.1, 0.15) is 64.3 Å². The SMILES string of the molecule is COC(=O)N[C@H](C(=O)N1C2C3C([C@@H]32)[C@H]1c1nc2ccc(-c3ccc4cc(-c5ccc6nc([C@@H]7C[C@H]8C[C@H]8N7C(=O)[C@@H](NC(=O)OC)C(C)C)[nH]c6c5)ccc4c3)cc2[nH]1)C(C)C. The van der Waals surface area contributed by atoms with Crippen LogP contribution in [-0.2, 0) is 19.1 Å². The second-order valence-electron chi connectivity index (χ2n) is 18.7. The Bertz CT molecular complexity index is 2840. The van der Waals surface area contributed by atoms with Crippen molar-refractivity contribution in [2.24, 2.45) is 35.5 Å². The lowest BCUT2D eigenvalue weighted by molar-refractivity contribution is -0.137. The quantitative estimate of drug-likeness (QED) is 0.110. The Kier molecular flexibility index (Phi) is 8.72. The van der Waals surface area contributed by atoms with Gasteiger partial charge >= 0.3 is 12.2 Å². The summed E-state index contributed by atoms with van der Waals surface area (Å²) in [6.07, 6.45) is 0.607. The van der Waals surface area contributed by atoms with Gasteiger partial charge in [0, 0.05) is 12.1 Å². The third-order valence-corrected chi connectivity index (χ3v) is 14.3. The number of hydrogen-bond acceptors (Lipinski definition) is 8. The molecule has 62 heavy (non-hydrogen) atoms. The van der Waals surface area contributed by atoms with E-state index in [9.17, 15) is 19.2 Å². The van der Waals surface area contributed by atoms with Gasteiger partial charge in [-0.3, -0.25) is 9.59 Å². The van der Waals surface area contributed by atoms with E-state index in [0.717, 1.165) is 79.6 Å². The molecule has 3 saturated heterocycles. The highest BCUT2D eigenvalue weighted by Gasteiger charge is 2.86. The number of carbonyl (C=O) groups excluding carboxylic acids is 4. The molecule has 2 aromatic heterocycles. The van der Waals surface area contributed by atoms with E-state index in [1.807, 2.05) is 49.6 Å². The number of H-pyrrole nitrogens is 2. The average molecular weight is 835 g/mol. The number of ether oxygens (including phenoxy) is 2. The van der Waals surface area contributed by atoms with Gasteiger partial charge in [-0.05, 0) is 118 Å². The van der Waals surface area contributed by atoms with E-state index >= 15 is 0 Å². The molecule has 0 spiro atoms. The van der Waals surface area contributed by atoms with Crippen molar-refractivity contribution in [1.29, 1.82) is 0 Å². The molecular formula is C48H50N8O6. The lowest BCUT2D eigenvalue weighted by atomic mass is 9.97. The van der Waals surface area contributed by atoms with Gasteiger partial charge < -0.3 is 39.9 Å². The van der Waals surface area contributed by atoms with Crippen molar-refractivity contribution in [3.8, 4) is 22.3 Å². The highest BCUT2D eigenvalue weighted by molar-refractivity contribution is 5.94. The summed E-state index contributed by atoms with van der Waals surface area (Å²) in [6.45, 7) is 7.72. The number of fused-ring (bicyclic) bond motifs is 5. The smallest absolute Gasteiger partial charge is 0.407 e. The predicted molar refractivity (Wildman–Crippen MR) is 232 cm³/mol. The number of amides is 4. The summed E-state index contributed by atoms with van der Waals surface area (Å²) in [4.78, 5) is 73.1. The first-order chi connectivity index (χ1) is 29.9. The number of aromatic amines is 2. The van der Waals surface area contributed by atoms with Crippen molar-refractivity contribution < 1.29 is 28.7 Å². The lowest BCUT2D eigenvalue weighted by Crippen LogP contribution is -2.52. The summed E-state index contributed by atoms with van der Waals surface area (Å²) in [7, 11) is 2.62. The van der Waals surface area contributed by atoms with Crippen LogP contribution in [0.3, 0.4) is 0 Å². The second-order valence-corrected chi connectivity index (χ2v) is 18.7. The van der Waals surface area contributed by atoms with Gasteiger partial charge in [-0.1, -0.05) is 64.1 Å². The van der Waals surface area contributed by atoms with Crippen LogP contribution < -0.4 is 10.6 Å². The zero-order valence-electron chi connectivity index (χ0n) is 35.5. The molecule has 12 rings (SSSR count). The number of aromatic nitrogens is 4. The van der Waals surface area contributed by atoms with Crippen molar-refractivity contribution in [1.82, 2.24) is 40.4 Å². The monoisotopic (exact) mass is 834 g/mol. The number of rotatable bonds is 10.